The molecule has 2 heterocycles. The predicted octanol–water partition coefficient (Wildman–Crippen LogP) is 2.26. The van der Waals surface area contributed by atoms with Gasteiger partial charge in [0.25, 0.3) is 0 Å². The Morgan fingerprint density at radius 3 is 2.67 bits per heavy atom. The number of hydrogen-bond acceptors (Lipinski definition) is 3. The number of amides is 1. The number of hydrogen-bond donors (Lipinski definition) is 1. The lowest BCUT2D eigenvalue weighted by atomic mass is 10.2. The van der Waals surface area contributed by atoms with Crippen molar-refractivity contribution in [2.75, 3.05) is 31.1 Å². The topological polar surface area (TPSA) is 37.7 Å². The van der Waals surface area contributed by atoms with Crippen LogP contribution in [0.3, 0.4) is 0 Å². The molecule has 0 unspecified atom stereocenters. The number of fused-ring (bicyclic) bond motifs is 1. The molecule has 1 aromatic carbocycles. The third kappa shape index (κ3) is 2.80. The molecule has 1 aliphatic rings. The van der Waals surface area contributed by atoms with Crippen LogP contribution in [0.15, 0.2) is 29.3 Å². The van der Waals surface area contributed by atoms with Gasteiger partial charge >= 0.3 is 0 Å². The fourth-order valence-corrected chi connectivity index (χ4v) is 3.21. The molecule has 0 aliphatic carbocycles. The molecule has 1 aromatic heterocycles. The largest absolute Gasteiger partial charge is 0.362 e. The van der Waals surface area contributed by atoms with Crippen LogP contribution >= 0.6 is 24.2 Å². The average molecular weight is 323 g/mol. The average Bonchev–Trinajstić information content (AvgIpc) is 2.48. The SMILES string of the molecule is CC(=O)N1CCN(c2c[nH+]c3ccc(S)cc3c2Cl)CC1. The zero-order chi connectivity index (χ0) is 15.0. The van der Waals surface area contributed by atoms with Crippen LogP contribution in [0.4, 0.5) is 5.69 Å². The number of thiol groups is 1. The standard InChI is InChI=1S/C15H16ClN3OS/c1-10(20)18-4-6-19(7-5-18)14-9-17-13-3-2-11(21)8-12(13)15(14)16/h2-3,8-9,21H,4-7H2,1H3/p+1. The van der Waals surface area contributed by atoms with E-state index in [4.69, 9.17) is 11.6 Å². The molecular weight excluding hydrogens is 306 g/mol. The van der Waals surface area contributed by atoms with Crippen LogP contribution in [-0.4, -0.2) is 37.0 Å². The first kappa shape index (κ1) is 14.5. The summed E-state index contributed by atoms with van der Waals surface area (Å²) >= 11 is 10.9. The number of H-pyrrole nitrogens is 1. The van der Waals surface area contributed by atoms with Gasteiger partial charge in [-0.3, -0.25) is 4.79 Å². The van der Waals surface area contributed by atoms with E-state index in [1.165, 1.54) is 0 Å². The molecular formula is C15H17ClN3OS+. The number of pyridine rings is 1. The molecule has 6 heteroatoms. The zero-order valence-electron chi connectivity index (χ0n) is 11.8. The van der Waals surface area contributed by atoms with E-state index in [1.807, 2.05) is 29.3 Å². The van der Waals surface area contributed by atoms with Crippen molar-refractivity contribution in [3.63, 3.8) is 0 Å². The summed E-state index contributed by atoms with van der Waals surface area (Å²) in [6, 6.07) is 5.87. The molecule has 0 saturated carbocycles. The van der Waals surface area contributed by atoms with Crippen LogP contribution in [-0.2, 0) is 4.79 Å². The summed E-state index contributed by atoms with van der Waals surface area (Å²) in [5.74, 6) is 0.130. The number of rotatable bonds is 1. The summed E-state index contributed by atoms with van der Waals surface area (Å²) in [5.41, 5.74) is 1.97. The summed E-state index contributed by atoms with van der Waals surface area (Å²) in [5, 5.41) is 1.70. The van der Waals surface area contributed by atoms with E-state index in [-0.39, 0.29) is 5.91 Å². The monoisotopic (exact) mass is 322 g/mol. The van der Waals surface area contributed by atoms with Crippen molar-refractivity contribution in [1.29, 1.82) is 0 Å². The molecule has 0 spiro atoms. The first-order chi connectivity index (χ1) is 10.1. The normalized spacial score (nSPS) is 15.6. The Kier molecular flexibility index (Phi) is 3.95. The Bertz CT molecular complexity index is 699. The maximum atomic E-state index is 11.4. The van der Waals surface area contributed by atoms with Gasteiger partial charge in [-0.25, -0.2) is 4.98 Å². The van der Waals surface area contributed by atoms with Gasteiger partial charge in [0, 0.05) is 44.1 Å². The van der Waals surface area contributed by atoms with Crippen LogP contribution in [0.25, 0.3) is 10.9 Å². The van der Waals surface area contributed by atoms with Crippen LogP contribution < -0.4 is 9.88 Å². The molecule has 4 nitrogen and oxygen atoms in total. The fourth-order valence-electron chi connectivity index (χ4n) is 2.68. The van der Waals surface area contributed by atoms with Crippen LogP contribution in [0.5, 0.6) is 0 Å². The lowest BCUT2D eigenvalue weighted by Crippen LogP contribution is -2.48. The maximum absolute atomic E-state index is 11.4. The number of nitrogens with zero attached hydrogens (tertiary/aromatic N) is 2. The smallest absolute Gasteiger partial charge is 0.219 e. The van der Waals surface area contributed by atoms with Crippen LogP contribution in [0, 0.1) is 0 Å². The maximum Gasteiger partial charge on any atom is 0.219 e. The minimum Gasteiger partial charge on any atom is -0.362 e. The second-order valence-electron chi connectivity index (χ2n) is 5.21. The molecule has 1 amide bonds. The number of anilines is 1. The highest BCUT2D eigenvalue weighted by Gasteiger charge is 2.23. The van der Waals surface area contributed by atoms with Crippen molar-refractivity contribution < 1.29 is 9.78 Å². The summed E-state index contributed by atoms with van der Waals surface area (Å²) < 4.78 is 0. The summed E-state index contributed by atoms with van der Waals surface area (Å²) in [7, 11) is 0. The van der Waals surface area contributed by atoms with Gasteiger partial charge in [0.2, 0.25) is 11.4 Å². The molecule has 0 bridgehead atoms. The number of benzene rings is 1. The highest BCUT2D eigenvalue weighted by molar-refractivity contribution is 7.80. The van der Waals surface area contributed by atoms with Gasteiger partial charge in [-0.05, 0) is 12.1 Å². The van der Waals surface area contributed by atoms with Crippen LogP contribution in [0.2, 0.25) is 5.02 Å². The predicted molar refractivity (Wildman–Crippen MR) is 87.2 cm³/mol. The molecule has 0 atom stereocenters. The highest BCUT2D eigenvalue weighted by Crippen LogP contribution is 2.32. The number of aromatic amines is 1. The van der Waals surface area contributed by atoms with E-state index in [0.29, 0.717) is 0 Å². The van der Waals surface area contributed by atoms with E-state index in [1.54, 1.807) is 6.92 Å². The molecule has 3 rings (SSSR count). The van der Waals surface area contributed by atoms with E-state index in [9.17, 15) is 4.79 Å². The molecule has 0 radical (unpaired) electrons. The van der Waals surface area contributed by atoms with Crippen molar-refractivity contribution in [1.82, 2.24) is 4.90 Å². The number of carbonyl (C=O) groups is 1. The Hall–Kier alpha value is -1.46. The third-order valence-corrected chi connectivity index (χ3v) is 4.57. The molecule has 110 valence electrons. The molecule has 1 saturated heterocycles. The van der Waals surface area contributed by atoms with Crippen LogP contribution in [0.1, 0.15) is 6.92 Å². The Morgan fingerprint density at radius 2 is 2.00 bits per heavy atom. The number of aromatic nitrogens is 1. The van der Waals surface area contributed by atoms with E-state index < -0.39 is 0 Å². The highest BCUT2D eigenvalue weighted by atomic mass is 35.5. The fraction of sp³-hybridized carbons (Fsp3) is 0.333. The Labute approximate surface area is 134 Å². The van der Waals surface area contributed by atoms with Gasteiger partial charge in [0.15, 0.2) is 6.20 Å². The summed E-state index contributed by atoms with van der Waals surface area (Å²) in [6.45, 7) is 4.66. The van der Waals surface area contributed by atoms with Crippen molar-refractivity contribution in [2.24, 2.45) is 0 Å². The number of piperazine rings is 1. The Morgan fingerprint density at radius 1 is 1.29 bits per heavy atom. The van der Waals surface area contributed by atoms with Gasteiger partial charge in [-0.15, -0.1) is 12.6 Å². The lowest BCUT2D eigenvalue weighted by Gasteiger charge is -2.35. The van der Waals surface area contributed by atoms with Crippen molar-refractivity contribution >= 4 is 46.7 Å². The van der Waals surface area contributed by atoms with E-state index >= 15 is 0 Å². The first-order valence-electron chi connectivity index (χ1n) is 6.89. The molecule has 1 fully saturated rings. The quantitative estimate of drug-likeness (QED) is 0.818. The summed E-state index contributed by atoms with van der Waals surface area (Å²) in [6.07, 6.45) is 1.94. The zero-order valence-corrected chi connectivity index (χ0v) is 13.4. The number of halogens is 1. The summed E-state index contributed by atoms with van der Waals surface area (Å²) in [4.78, 5) is 19.6. The second-order valence-corrected chi connectivity index (χ2v) is 6.11. The Balaban J connectivity index is 1.91. The van der Waals surface area contributed by atoms with Gasteiger partial charge in [-0.1, -0.05) is 11.6 Å². The first-order valence-corrected chi connectivity index (χ1v) is 7.72. The lowest BCUT2D eigenvalue weighted by molar-refractivity contribution is -0.343. The van der Waals surface area contributed by atoms with E-state index in [2.05, 4.69) is 22.5 Å². The van der Waals surface area contributed by atoms with Gasteiger partial charge in [0.1, 0.15) is 5.69 Å². The minimum atomic E-state index is 0.130. The second kappa shape index (κ2) is 5.73. The molecule has 1 aliphatic heterocycles. The van der Waals surface area contributed by atoms with Gasteiger partial charge in [-0.2, -0.15) is 0 Å². The minimum absolute atomic E-state index is 0.130. The molecule has 1 N–H and O–H groups in total. The molecule has 21 heavy (non-hydrogen) atoms. The van der Waals surface area contributed by atoms with Gasteiger partial charge in [0.05, 0.1) is 10.4 Å². The molecule has 2 aromatic rings. The van der Waals surface area contributed by atoms with Crippen molar-refractivity contribution in [3.05, 3.63) is 29.4 Å². The third-order valence-electron chi connectivity index (χ3n) is 3.89. The van der Waals surface area contributed by atoms with Gasteiger partial charge < -0.3 is 9.80 Å². The number of nitrogens with one attached hydrogen (secondary N) is 1. The van der Waals surface area contributed by atoms with Crippen molar-refractivity contribution in [2.45, 2.75) is 11.8 Å². The van der Waals surface area contributed by atoms with Crippen molar-refractivity contribution in [3.8, 4) is 0 Å². The number of carbonyl (C=O) groups excluding carboxylic acids is 1. The van der Waals surface area contributed by atoms with E-state index in [0.717, 1.165) is 52.7 Å².